The maximum absolute atomic E-state index is 10.1. The number of hydrogen-bond donors (Lipinski definition) is 0. The van der Waals surface area contributed by atoms with Crippen LogP contribution in [0.3, 0.4) is 0 Å². The molecule has 0 fully saturated rings. The molecule has 0 spiro atoms. The summed E-state index contributed by atoms with van der Waals surface area (Å²) in [6.07, 6.45) is 2.17. The van der Waals surface area contributed by atoms with Crippen molar-refractivity contribution in [3.8, 4) is 0 Å². The van der Waals surface area contributed by atoms with E-state index in [9.17, 15) is 9.59 Å². The zero-order chi connectivity index (χ0) is 12.4. The minimum Gasteiger partial charge on any atom is -0.377 e. The van der Waals surface area contributed by atoms with Gasteiger partial charge in [-0.2, -0.15) is 9.98 Å². The van der Waals surface area contributed by atoms with Crippen LogP contribution in [0.2, 0.25) is 6.04 Å². The van der Waals surface area contributed by atoms with Gasteiger partial charge < -0.3 is 13.3 Å². The summed E-state index contributed by atoms with van der Waals surface area (Å²) in [5, 5.41) is 0. The van der Waals surface area contributed by atoms with Crippen molar-refractivity contribution in [2.75, 3.05) is 21.3 Å². The Kier molecular flexibility index (Phi) is 7.48. The zero-order valence-electron chi connectivity index (χ0n) is 9.43. The Bertz CT molecular complexity index is 269. The molecule has 0 aliphatic carbocycles. The van der Waals surface area contributed by atoms with Gasteiger partial charge in [-0.3, -0.25) is 0 Å². The van der Waals surface area contributed by atoms with Crippen molar-refractivity contribution >= 4 is 21.0 Å². The first-order valence-electron chi connectivity index (χ1n) is 4.47. The predicted octanol–water partition coefficient (Wildman–Crippen LogP) is 0.252. The number of hydrogen-bond acceptors (Lipinski definition) is 7. The molecule has 0 aliphatic rings. The second kappa shape index (κ2) is 8.06. The molecule has 0 aromatic carbocycles. The van der Waals surface area contributed by atoms with Crippen molar-refractivity contribution in [3.05, 3.63) is 0 Å². The first-order chi connectivity index (χ1) is 7.67. The molecule has 0 heterocycles. The van der Waals surface area contributed by atoms with Crippen LogP contribution in [0.15, 0.2) is 9.98 Å². The van der Waals surface area contributed by atoms with Crippen LogP contribution in [0.4, 0.5) is 0 Å². The molecule has 0 atom stereocenters. The summed E-state index contributed by atoms with van der Waals surface area (Å²) >= 11 is 0. The molecule has 0 amide bonds. The lowest BCUT2D eigenvalue weighted by molar-refractivity contribution is 0.122. The molecule has 0 unspecified atom stereocenters. The molecule has 0 aromatic heterocycles. The Morgan fingerprint density at radius 3 is 1.81 bits per heavy atom. The molecule has 7 nitrogen and oxygen atoms in total. The van der Waals surface area contributed by atoms with Gasteiger partial charge in [0, 0.05) is 27.4 Å². The van der Waals surface area contributed by atoms with E-state index in [1.807, 2.05) is 0 Å². The van der Waals surface area contributed by atoms with Gasteiger partial charge in [0.2, 0.25) is 12.2 Å². The summed E-state index contributed by atoms with van der Waals surface area (Å²) < 4.78 is 15.5. The van der Waals surface area contributed by atoms with E-state index < -0.39 is 15.0 Å². The normalized spacial score (nSPS) is 12.4. The van der Waals surface area contributed by atoms with Crippen molar-refractivity contribution < 1.29 is 22.9 Å². The average molecular weight is 246 g/mol. The predicted molar refractivity (Wildman–Crippen MR) is 56.2 cm³/mol. The fraction of sp³-hybridized carbons (Fsp3) is 0.750. The number of nitrogens with zero attached hydrogens (tertiary/aromatic N) is 2. The highest BCUT2D eigenvalue weighted by atomic mass is 28.4. The SMILES string of the molecule is CO[Si](CCC(N=C=O)N=C=O)(OC)OC. The summed E-state index contributed by atoms with van der Waals surface area (Å²) in [5.41, 5.74) is 0. The molecule has 0 aliphatic heterocycles. The topological polar surface area (TPSA) is 86.6 Å². The zero-order valence-corrected chi connectivity index (χ0v) is 10.4. The molecule has 0 aromatic rings. The summed E-state index contributed by atoms with van der Waals surface area (Å²) in [6, 6.07) is 0.386. The van der Waals surface area contributed by atoms with Crippen LogP contribution in [0.25, 0.3) is 0 Å². The van der Waals surface area contributed by atoms with Crippen LogP contribution in [0.1, 0.15) is 6.42 Å². The third-order valence-corrected chi connectivity index (χ3v) is 4.81. The van der Waals surface area contributed by atoms with Crippen LogP contribution in [0, 0.1) is 0 Å². The molecule has 0 N–H and O–H groups in total. The van der Waals surface area contributed by atoms with E-state index >= 15 is 0 Å². The molecule has 0 saturated carbocycles. The van der Waals surface area contributed by atoms with Gasteiger partial charge in [0.1, 0.15) is 0 Å². The van der Waals surface area contributed by atoms with E-state index in [2.05, 4.69) is 9.98 Å². The fourth-order valence-corrected chi connectivity index (χ4v) is 2.87. The molecule has 90 valence electrons. The van der Waals surface area contributed by atoms with Gasteiger partial charge in [-0.1, -0.05) is 0 Å². The lowest BCUT2D eigenvalue weighted by atomic mass is 10.4. The van der Waals surface area contributed by atoms with Crippen molar-refractivity contribution in [1.29, 1.82) is 0 Å². The number of isocyanates is 2. The Hall–Kier alpha value is -1.14. The molecule has 0 radical (unpaired) electrons. The van der Waals surface area contributed by atoms with Crippen LogP contribution in [0.5, 0.6) is 0 Å². The quantitative estimate of drug-likeness (QED) is 0.348. The van der Waals surface area contributed by atoms with Crippen molar-refractivity contribution in [1.82, 2.24) is 0 Å². The van der Waals surface area contributed by atoms with Gasteiger partial charge >= 0.3 is 8.80 Å². The van der Waals surface area contributed by atoms with E-state index in [1.54, 1.807) is 0 Å². The minimum absolute atomic E-state index is 0.298. The second-order valence-corrected chi connectivity index (χ2v) is 5.85. The number of aliphatic imine (C=N–C) groups is 2. The third-order valence-electron chi connectivity index (χ3n) is 2.05. The van der Waals surface area contributed by atoms with Crippen LogP contribution in [-0.4, -0.2) is 48.5 Å². The number of rotatable bonds is 8. The molecule has 8 heteroatoms. The molecule has 0 bridgehead atoms. The minimum atomic E-state index is -2.72. The average Bonchev–Trinajstić information content (AvgIpc) is 2.32. The summed E-state index contributed by atoms with van der Waals surface area (Å²) in [6.45, 7) is 0. The van der Waals surface area contributed by atoms with Crippen LogP contribution < -0.4 is 0 Å². The monoisotopic (exact) mass is 246 g/mol. The van der Waals surface area contributed by atoms with E-state index in [4.69, 9.17) is 13.3 Å². The highest BCUT2D eigenvalue weighted by molar-refractivity contribution is 6.60. The Labute approximate surface area is 94.5 Å². The van der Waals surface area contributed by atoms with Gasteiger partial charge in [0.25, 0.3) is 0 Å². The lowest BCUT2D eigenvalue weighted by Crippen LogP contribution is -2.43. The summed E-state index contributed by atoms with van der Waals surface area (Å²) in [7, 11) is 1.70. The largest absolute Gasteiger partial charge is 0.500 e. The number of carbonyl (C=O) groups excluding carboxylic acids is 2. The lowest BCUT2D eigenvalue weighted by Gasteiger charge is -2.24. The highest BCUT2D eigenvalue weighted by Crippen LogP contribution is 2.17. The smallest absolute Gasteiger partial charge is 0.377 e. The van der Waals surface area contributed by atoms with E-state index in [0.717, 1.165) is 0 Å². The van der Waals surface area contributed by atoms with Crippen molar-refractivity contribution in [3.63, 3.8) is 0 Å². The van der Waals surface area contributed by atoms with Gasteiger partial charge in [0.05, 0.1) is 0 Å². The molecule has 16 heavy (non-hydrogen) atoms. The summed E-state index contributed by atoms with van der Waals surface area (Å²) in [5.74, 6) is 0. The van der Waals surface area contributed by atoms with Crippen LogP contribution >= 0.6 is 0 Å². The first-order valence-corrected chi connectivity index (χ1v) is 6.40. The molecular weight excluding hydrogens is 232 g/mol. The van der Waals surface area contributed by atoms with Crippen LogP contribution in [-0.2, 0) is 22.9 Å². The molecule has 0 saturated heterocycles. The molecular formula is C8H14N2O5Si. The highest BCUT2D eigenvalue weighted by Gasteiger charge is 2.38. The second-order valence-electron chi connectivity index (χ2n) is 2.76. The van der Waals surface area contributed by atoms with Crippen molar-refractivity contribution in [2.24, 2.45) is 9.98 Å². The van der Waals surface area contributed by atoms with Crippen molar-refractivity contribution in [2.45, 2.75) is 18.6 Å². The van der Waals surface area contributed by atoms with E-state index in [1.165, 1.54) is 33.5 Å². The maximum atomic E-state index is 10.1. The summed E-state index contributed by atoms with van der Waals surface area (Å²) in [4.78, 5) is 26.8. The van der Waals surface area contributed by atoms with E-state index in [-0.39, 0.29) is 0 Å². The van der Waals surface area contributed by atoms with Gasteiger partial charge in [-0.15, -0.1) is 0 Å². The Balaban J connectivity index is 4.47. The third kappa shape index (κ3) is 4.58. The van der Waals surface area contributed by atoms with Gasteiger partial charge in [-0.05, 0) is 6.42 Å². The molecule has 0 rings (SSSR count). The van der Waals surface area contributed by atoms with Gasteiger partial charge in [0.15, 0.2) is 6.17 Å². The van der Waals surface area contributed by atoms with E-state index in [0.29, 0.717) is 12.5 Å². The Morgan fingerprint density at radius 1 is 1.06 bits per heavy atom. The first kappa shape index (κ1) is 14.9. The Morgan fingerprint density at radius 2 is 1.50 bits per heavy atom. The standard InChI is InChI=1S/C8H14N2O5Si/c1-13-16(14-2,15-3)5-4-8(9-6-11)10-7-12/h8H,4-5H2,1-3H3. The fourth-order valence-electron chi connectivity index (χ4n) is 1.14. The van der Waals surface area contributed by atoms with Gasteiger partial charge in [-0.25, -0.2) is 9.59 Å². The maximum Gasteiger partial charge on any atom is 0.500 e.